The van der Waals surface area contributed by atoms with E-state index in [9.17, 15) is 14.4 Å². The van der Waals surface area contributed by atoms with Crippen molar-refractivity contribution in [2.45, 2.75) is 65.3 Å². The molecule has 0 saturated carbocycles. The highest BCUT2D eigenvalue weighted by molar-refractivity contribution is 6.11. The summed E-state index contributed by atoms with van der Waals surface area (Å²) in [6.45, 7) is 11.4. The van der Waals surface area contributed by atoms with Gasteiger partial charge in [-0.05, 0) is 72.7 Å². The van der Waals surface area contributed by atoms with Gasteiger partial charge >= 0.3 is 18.2 Å². The summed E-state index contributed by atoms with van der Waals surface area (Å²) in [6.07, 6.45) is -1.88. The van der Waals surface area contributed by atoms with E-state index in [-0.39, 0.29) is 5.84 Å². The normalized spacial score (nSPS) is 18.7. The molecule has 32 heavy (non-hydrogen) atoms. The largest absolute Gasteiger partial charge is 0.497 e. The average molecular weight is 450 g/mol. The number of ether oxygens (including phenoxy) is 4. The van der Waals surface area contributed by atoms with E-state index >= 15 is 0 Å². The van der Waals surface area contributed by atoms with Gasteiger partial charge in [-0.1, -0.05) is 0 Å². The molecule has 0 radical (unpaired) electrons. The number of hydrogen-bond donors (Lipinski definition) is 0. The molecular weight excluding hydrogens is 418 g/mol. The number of aliphatic imine (C=N–C) groups is 1. The van der Waals surface area contributed by atoms with Crippen molar-refractivity contribution in [3.8, 4) is 5.75 Å². The Morgan fingerprint density at radius 1 is 0.875 bits per heavy atom. The summed E-state index contributed by atoms with van der Waals surface area (Å²) in [5, 5.41) is 1.72. The second-order valence-corrected chi connectivity index (χ2v) is 9.26. The standard InChI is InChI=1S/C22H31N3O7/c1-20(2,3)31-18(27)24-16(14-10-12-15(29-8)13-11-14)23-22(7,17(26)30-9)25(24)19(28)32-21(4,5)6/h10-13H,1-9H3/t22-/m1/s1. The average Bonchev–Trinajstić information content (AvgIpc) is 2.99. The van der Waals surface area contributed by atoms with E-state index in [0.29, 0.717) is 11.3 Å². The van der Waals surface area contributed by atoms with Crippen LogP contribution in [0.1, 0.15) is 54.0 Å². The molecule has 1 atom stereocenters. The molecule has 0 saturated heterocycles. The quantitative estimate of drug-likeness (QED) is 0.511. The lowest BCUT2D eigenvalue weighted by Crippen LogP contribution is -2.60. The minimum atomic E-state index is -1.91. The molecule has 176 valence electrons. The fourth-order valence-corrected chi connectivity index (χ4v) is 2.88. The van der Waals surface area contributed by atoms with Crippen LogP contribution in [0.2, 0.25) is 0 Å². The van der Waals surface area contributed by atoms with Gasteiger partial charge in [0.2, 0.25) is 0 Å². The number of benzene rings is 1. The van der Waals surface area contributed by atoms with Crippen LogP contribution in [0.5, 0.6) is 5.75 Å². The highest BCUT2D eigenvalue weighted by Gasteiger charge is 2.57. The van der Waals surface area contributed by atoms with E-state index < -0.39 is 35.0 Å². The molecule has 10 nitrogen and oxygen atoms in total. The lowest BCUT2D eigenvalue weighted by molar-refractivity contribution is -0.158. The molecule has 0 aliphatic carbocycles. The summed E-state index contributed by atoms with van der Waals surface area (Å²) in [6, 6.07) is 6.62. The molecule has 0 N–H and O–H groups in total. The molecule has 10 heteroatoms. The molecule has 0 fully saturated rings. The highest BCUT2D eigenvalue weighted by atomic mass is 16.6. The lowest BCUT2D eigenvalue weighted by Gasteiger charge is -2.37. The monoisotopic (exact) mass is 449 g/mol. The van der Waals surface area contributed by atoms with Crippen LogP contribution in [-0.2, 0) is 19.0 Å². The minimum Gasteiger partial charge on any atom is -0.497 e. The van der Waals surface area contributed by atoms with Gasteiger partial charge in [0.1, 0.15) is 17.0 Å². The maximum atomic E-state index is 13.2. The Hall–Kier alpha value is -3.30. The zero-order valence-corrected chi connectivity index (χ0v) is 20.0. The first-order chi connectivity index (χ1) is 14.6. The number of amides is 2. The Balaban J connectivity index is 2.69. The van der Waals surface area contributed by atoms with Gasteiger partial charge in [0.15, 0.2) is 5.84 Å². The van der Waals surface area contributed by atoms with Crippen molar-refractivity contribution in [2.24, 2.45) is 4.99 Å². The summed E-state index contributed by atoms with van der Waals surface area (Å²) in [4.78, 5) is 43.7. The predicted molar refractivity (Wildman–Crippen MR) is 116 cm³/mol. The molecule has 1 aliphatic rings. The molecule has 0 bridgehead atoms. The highest BCUT2D eigenvalue weighted by Crippen LogP contribution is 2.34. The van der Waals surface area contributed by atoms with Crippen molar-refractivity contribution in [2.75, 3.05) is 14.2 Å². The van der Waals surface area contributed by atoms with Crippen LogP contribution in [0.3, 0.4) is 0 Å². The van der Waals surface area contributed by atoms with Crippen molar-refractivity contribution in [3.05, 3.63) is 29.8 Å². The molecule has 1 aromatic carbocycles. The Bertz CT molecular complexity index is 913. The fraction of sp³-hybridized carbons (Fsp3) is 0.545. The van der Waals surface area contributed by atoms with Gasteiger partial charge in [-0.15, -0.1) is 0 Å². The number of methoxy groups -OCH3 is 2. The molecule has 0 unspecified atom stereocenters. The van der Waals surface area contributed by atoms with Crippen LogP contribution >= 0.6 is 0 Å². The van der Waals surface area contributed by atoms with Crippen LogP contribution < -0.4 is 4.74 Å². The Morgan fingerprint density at radius 2 is 1.38 bits per heavy atom. The van der Waals surface area contributed by atoms with Crippen molar-refractivity contribution in [3.63, 3.8) is 0 Å². The topological polar surface area (TPSA) is 107 Å². The second-order valence-electron chi connectivity index (χ2n) is 9.26. The van der Waals surface area contributed by atoms with Gasteiger partial charge < -0.3 is 18.9 Å². The van der Waals surface area contributed by atoms with Crippen LogP contribution in [0.25, 0.3) is 0 Å². The summed E-state index contributed by atoms with van der Waals surface area (Å²) < 4.78 is 21.1. The minimum absolute atomic E-state index is 0.0145. The van der Waals surface area contributed by atoms with E-state index in [1.165, 1.54) is 21.1 Å². The number of hydrogen-bond acceptors (Lipinski definition) is 8. The van der Waals surface area contributed by atoms with Crippen LogP contribution in [0, 0.1) is 0 Å². The maximum Gasteiger partial charge on any atom is 0.435 e. The molecule has 2 amide bonds. The first kappa shape index (κ1) is 25.0. The van der Waals surface area contributed by atoms with Gasteiger partial charge in [-0.25, -0.2) is 19.4 Å². The van der Waals surface area contributed by atoms with Gasteiger partial charge in [0.25, 0.3) is 5.66 Å². The van der Waals surface area contributed by atoms with E-state index in [1.807, 2.05) is 0 Å². The Morgan fingerprint density at radius 3 is 1.81 bits per heavy atom. The molecule has 1 heterocycles. The summed E-state index contributed by atoms with van der Waals surface area (Å²) in [5.74, 6) is -0.267. The fourth-order valence-electron chi connectivity index (χ4n) is 2.88. The number of hydrazine groups is 1. The molecule has 1 aromatic rings. The van der Waals surface area contributed by atoms with Crippen molar-refractivity contribution in [1.82, 2.24) is 10.0 Å². The smallest absolute Gasteiger partial charge is 0.435 e. The molecule has 2 rings (SSSR count). The zero-order valence-electron chi connectivity index (χ0n) is 20.0. The number of carbonyl (C=O) groups is 3. The Labute approximate surface area is 188 Å². The molecular formula is C22H31N3O7. The maximum absolute atomic E-state index is 13.2. The van der Waals surface area contributed by atoms with Crippen molar-refractivity contribution in [1.29, 1.82) is 0 Å². The lowest BCUT2D eigenvalue weighted by atomic mass is 10.2. The van der Waals surface area contributed by atoms with Gasteiger partial charge in [0, 0.05) is 5.56 Å². The number of carbonyl (C=O) groups excluding carboxylic acids is 3. The molecule has 0 aromatic heterocycles. The second kappa shape index (κ2) is 8.68. The van der Waals surface area contributed by atoms with E-state index in [1.54, 1.807) is 65.8 Å². The number of nitrogens with zero attached hydrogens (tertiary/aromatic N) is 3. The van der Waals surface area contributed by atoms with Crippen molar-refractivity contribution >= 4 is 24.0 Å². The first-order valence-corrected chi connectivity index (χ1v) is 10.0. The molecule has 1 aliphatic heterocycles. The van der Waals surface area contributed by atoms with E-state index in [4.69, 9.17) is 18.9 Å². The third-order valence-electron chi connectivity index (χ3n) is 4.19. The van der Waals surface area contributed by atoms with E-state index in [2.05, 4.69) is 4.99 Å². The third-order valence-corrected chi connectivity index (χ3v) is 4.19. The van der Waals surface area contributed by atoms with Gasteiger partial charge in [-0.2, -0.15) is 10.0 Å². The number of esters is 1. The van der Waals surface area contributed by atoms with Crippen LogP contribution in [0.15, 0.2) is 29.3 Å². The van der Waals surface area contributed by atoms with Gasteiger partial charge in [-0.3, -0.25) is 0 Å². The first-order valence-electron chi connectivity index (χ1n) is 10.0. The van der Waals surface area contributed by atoms with E-state index in [0.717, 1.165) is 10.0 Å². The van der Waals surface area contributed by atoms with Gasteiger partial charge in [0.05, 0.1) is 14.2 Å². The third kappa shape index (κ3) is 5.30. The van der Waals surface area contributed by atoms with Crippen LogP contribution in [0.4, 0.5) is 9.59 Å². The summed E-state index contributed by atoms with van der Waals surface area (Å²) >= 11 is 0. The van der Waals surface area contributed by atoms with Crippen molar-refractivity contribution < 1.29 is 33.3 Å². The molecule has 0 spiro atoms. The SMILES string of the molecule is COC(=O)[C@]1(C)N=C(c2ccc(OC)cc2)N(C(=O)OC(C)(C)C)N1C(=O)OC(C)(C)C. The Kier molecular flexibility index (Phi) is 6.77. The number of rotatable bonds is 3. The summed E-state index contributed by atoms with van der Waals surface area (Å²) in [5.41, 5.74) is -3.26. The zero-order chi connectivity index (χ0) is 24.5. The van der Waals surface area contributed by atoms with Crippen LogP contribution in [-0.4, -0.2) is 65.1 Å². The predicted octanol–water partition coefficient (Wildman–Crippen LogP) is 3.73. The summed E-state index contributed by atoms with van der Waals surface area (Å²) in [7, 11) is 2.69. The number of amidine groups is 1.